The van der Waals surface area contributed by atoms with Crippen molar-refractivity contribution < 1.29 is 12.8 Å². The molecule has 0 aliphatic heterocycles. The molecule has 0 radical (unpaired) electrons. The highest BCUT2D eigenvalue weighted by atomic mass is 35.7. The number of hydrogen-bond donors (Lipinski definition) is 0. The molecule has 0 amide bonds. The van der Waals surface area contributed by atoms with Gasteiger partial charge in [-0.15, -0.1) is 0 Å². The second-order valence-corrected chi connectivity index (χ2v) is 5.25. The minimum atomic E-state index is -4.09. The normalized spacial score (nSPS) is 11.0. The van der Waals surface area contributed by atoms with E-state index in [9.17, 15) is 12.8 Å². The smallest absolute Gasteiger partial charge is 0.207 e. The molecule has 0 spiro atoms. The Morgan fingerprint density at radius 3 is 2.43 bits per heavy atom. The Bertz CT molecular complexity index is 521. The van der Waals surface area contributed by atoms with Crippen LogP contribution in [0.4, 0.5) is 4.39 Å². The molecule has 0 unspecified atom stereocenters. The summed E-state index contributed by atoms with van der Waals surface area (Å²) in [7, 11) is 0.921. The highest BCUT2D eigenvalue weighted by Gasteiger charge is 2.18. The van der Waals surface area contributed by atoms with Crippen molar-refractivity contribution in [3.05, 3.63) is 28.5 Å². The van der Waals surface area contributed by atoms with Gasteiger partial charge in [-0.1, -0.05) is 11.6 Å². The minimum absolute atomic E-state index is 0.373. The lowest BCUT2D eigenvalue weighted by Gasteiger charge is -2.00. The molecule has 0 saturated heterocycles. The van der Waals surface area contributed by atoms with Gasteiger partial charge in [-0.3, -0.25) is 0 Å². The first-order chi connectivity index (χ1) is 6.36. The summed E-state index contributed by atoms with van der Waals surface area (Å²) in [6, 6.07) is 3.03. The first-order valence-corrected chi connectivity index (χ1v) is 5.89. The van der Waals surface area contributed by atoms with Gasteiger partial charge in [-0.2, -0.15) is 5.26 Å². The molecule has 1 aromatic carbocycles. The Morgan fingerprint density at radius 2 is 2.00 bits per heavy atom. The van der Waals surface area contributed by atoms with Gasteiger partial charge in [0.1, 0.15) is 16.8 Å². The van der Waals surface area contributed by atoms with Crippen molar-refractivity contribution >= 4 is 31.3 Å². The molecule has 0 aromatic heterocycles. The molecular weight excluding hydrogens is 252 g/mol. The van der Waals surface area contributed by atoms with E-state index in [1.807, 2.05) is 0 Å². The maximum atomic E-state index is 12.8. The van der Waals surface area contributed by atoms with Crippen molar-refractivity contribution in [2.75, 3.05) is 0 Å². The van der Waals surface area contributed by atoms with E-state index in [2.05, 4.69) is 0 Å². The van der Waals surface area contributed by atoms with Gasteiger partial charge >= 0.3 is 0 Å². The van der Waals surface area contributed by atoms with E-state index in [1.54, 1.807) is 0 Å². The van der Waals surface area contributed by atoms with Gasteiger partial charge in [0, 0.05) is 10.7 Å². The Labute approximate surface area is 89.1 Å². The molecule has 74 valence electrons. The van der Waals surface area contributed by atoms with E-state index in [-0.39, 0.29) is 5.56 Å². The lowest BCUT2D eigenvalue weighted by atomic mass is 10.2. The van der Waals surface area contributed by atoms with Crippen molar-refractivity contribution in [2.45, 2.75) is 4.90 Å². The summed E-state index contributed by atoms with van der Waals surface area (Å²) in [6.07, 6.45) is 0. The molecule has 1 aromatic rings. The molecule has 0 aliphatic carbocycles. The van der Waals surface area contributed by atoms with Gasteiger partial charge in [0.05, 0.1) is 10.6 Å². The van der Waals surface area contributed by atoms with Crippen LogP contribution in [-0.4, -0.2) is 8.42 Å². The maximum absolute atomic E-state index is 12.8. The SMILES string of the molecule is N#Cc1cc(F)c(Cl)cc1S(=O)(=O)Cl. The zero-order valence-corrected chi connectivity index (χ0v) is 8.79. The number of rotatable bonds is 1. The molecule has 14 heavy (non-hydrogen) atoms. The summed E-state index contributed by atoms with van der Waals surface area (Å²) < 4.78 is 34.6. The van der Waals surface area contributed by atoms with Crippen LogP contribution in [0.3, 0.4) is 0 Å². The number of halogens is 3. The van der Waals surface area contributed by atoms with Crippen molar-refractivity contribution in [2.24, 2.45) is 0 Å². The average molecular weight is 254 g/mol. The Hall–Kier alpha value is -0.830. The molecule has 1 rings (SSSR count). The first-order valence-electron chi connectivity index (χ1n) is 3.20. The van der Waals surface area contributed by atoms with Crippen molar-refractivity contribution in [1.82, 2.24) is 0 Å². The van der Waals surface area contributed by atoms with Crippen LogP contribution in [0.15, 0.2) is 17.0 Å². The van der Waals surface area contributed by atoms with Crippen LogP contribution in [0.5, 0.6) is 0 Å². The van der Waals surface area contributed by atoms with Gasteiger partial charge < -0.3 is 0 Å². The first kappa shape index (κ1) is 11.2. The van der Waals surface area contributed by atoms with Gasteiger partial charge in [0.2, 0.25) is 0 Å². The van der Waals surface area contributed by atoms with Crippen LogP contribution in [0, 0.1) is 17.1 Å². The van der Waals surface area contributed by atoms with Gasteiger partial charge in [-0.25, -0.2) is 12.8 Å². The van der Waals surface area contributed by atoms with E-state index in [1.165, 1.54) is 6.07 Å². The summed E-state index contributed by atoms with van der Waals surface area (Å²) in [6.45, 7) is 0. The zero-order valence-electron chi connectivity index (χ0n) is 6.46. The Morgan fingerprint density at radius 1 is 1.43 bits per heavy atom. The van der Waals surface area contributed by atoms with E-state index < -0.39 is 24.8 Å². The van der Waals surface area contributed by atoms with Crippen LogP contribution >= 0.6 is 22.3 Å². The molecule has 7 heteroatoms. The zero-order chi connectivity index (χ0) is 10.9. The van der Waals surface area contributed by atoms with Crippen molar-refractivity contribution in [3.8, 4) is 6.07 Å². The highest BCUT2D eigenvalue weighted by Crippen LogP contribution is 2.25. The second kappa shape index (κ2) is 3.73. The monoisotopic (exact) mass is 253 g/mol. The number of nitriles is 1. The van der Waals surface area contributed by atoms with Crippen LogP contribution in [0.1, 0.15) is 5.56 Å². The molecule has 0 bridgehead atoms. The number of benzene rings is 1. The van der Waals surface area contributed by atoms with Gasteiger partial charge in [0.15, 0.2) is 0 Å². The lowest BCUT2D eigenvalue weighted by molar-refractivity contribution is 0.607. The molecular formula is C7H2Cl2FNO2S. The van der Waals surface area contributed by atoms with E-state index in [0.29, 0.717) is 0 Å². The molecule has 0 heterocycles. The third kappa shape index (κ3) is 2.15. The Kier molecular flexibility index (Phi) is 3.00. The van der Waals surface area contributed by atoms with E-state index in [0.717, 1.165) is 12.1 Å². The van der Waals surface area contributed by atoms with Crippen molar-refractivity contribution in [3.63, 3.8) is 0 Å². The summed E-state index contributed by atoms with van der Waals surface area (Å²) in [5.74, 6) is -0.868. The largest absolute Gasteiger partial charge is 0.262 e. The van der Waals surface area contributed by atoms with Crippen LogP contribution < -0.4 is 0 Å². The topological polar surface area (TPSA) is 57.9 Å². The van der Waals surface area contributed by atoms with Gasteiger partial charge in [0.25, 0.3) is 9.05 Å². The number of hydrogen-bond acceptors (Lipinski definition) is 3. The number of nitrogens with zero attached hydrogens (tertiary/aromatic N) is 1. The summed E-state index contributed by atoms with van der Waals surface area (Å²) in [4.78, 5) is -0.493. The maximum Gasteiger partial charge on any atom is 0.262 e. The quantitative estimate of drug-likeness (QED) is 0.722. The fourth-order valence-corrected chi connectivity index (χ4v) is 2.05. The predicted molar refractivity (Wildman–Crippen MR) is 49.2 cm³/mol. The fraction of sp³-hybridized carbons (Fsp3) is 0. The fourth-order valence-electron chi connectivity index (χ4n) is 0.818. The average Bonchev–Trinajstić information content (AvgIpc) is 2.07. The molecule has 3 nitrogen and oxygen atoms in total. The molecule has 0 N–H and O–H groups in total. The van der Waals surface area contributed by atoms with Crippen LogP contribution in [0.25, 0.3) is 0 Å². The van der Waals surface area contributed by atoms with Crippen LogP contribution in [0.2, 0.25) is 5.02 Å². The summed E-state index contributed by atoms with van der Waals surface area (Å²) >= 11 is 5.34. The molecule has 0 atom stereocenters. The molecule has 0 fully saturated rings. The molecule has 0 aliphatic rings. The third-order valence-corrected chi connectivity index (χ3v) is 3.06. The van der Waals surface area contributed by atoms with Gasteiger partial charge in [-0.05, 0) is 12.1 Å². The third-order valence-electron chi connectivity index (χ3n) is 1.41. The predicted octanol–water partition coefficient (Wildman–Crippen LogP) is 2.28. The molecule has 0 saturated carbocycles. The van der Waals surface area contributed by atoms with Crippen LogP contribution in [-0.2, 0) is 9.05 Å². The minimum Gasteiger partial charge on any atom is -0.207 e. The highest BCUT2D eigenvalue weighted by molar-refractivity contribution is 8.13. The summed E-state index contributed by atoms with van der Waals surface area (Å²) in [5.41, 5.74) is -0.373. The second-order valence-electron chi connectivity index (χ2n) is 2.31. The summed E-state index contributed by atoms with van der Waals surface area (Å²) in [5, 5.41) is 8.11. The Balaban J connectivity index is 3.61. The van der Waals surface area contributed by atoms with E-state index in [4.69, 9.17) is 27.5 Å². The van der Waals surface area contributed by atoms with E-state index >= 15 is 0 Å². The van der Waals surface area contributed by atoms with Crippen molar-refractivity contribution in [1.29, 1.82) is 5.26 Å². The lowest BCUT2D eigenvalue weighted by Crippen LogP contribution is -1.96. The standard InChI is InChI=1S/C7H2Cl2FNO2S/c8-5-2-7(14(9,12)13)4(3-11)1-6(5)10/h1-2H.